The van der Waals surface area contributed by atoms with E-state index in [2.05, 4.69) is 36.9 Å². The fourth-order valence-electron chi connectivity index (χ4n) is 3.25. The lowest BCUT2D eigenvalue weighted by atomic mass is 10.2. The number of esters is 2. The van der Waals surface area contributed by atoms with Crippen molar-refractivity contribution in [2.45, 2.75) is 19.4 Å². The maximum absolute atomic E-state index is 12.1. The first-order valence-corrected chi connectivity index (χ1v) is 13.1. The van der Waals surface area contributed by atoms with E-state index < -0.39 is 12.0 Å². The highest BCUT2D eigenvalue weighted by molar-refractivity contribution is 8.25. The van der Waals surface area contributed by atoms with Gasteiger partial charge in [0, 0.05) is 18.5 Å². The van der Waals surface area contributed by atoms with E-state index in [1.54, 1.807) is 0 Å². The van der Waals surface area contributed by atoms with Gasteiger partial charge in [0.15, 0.2) is 0 Å². The molecule has 3 aromatic carbocycles. The third-order valence-corrected chi connectivity index (χ3v) is 9.80. The number of hydrogen-bond donors (Lipinski definition) is 0. The van der Waals surface area contributed by atoms with Crippen molar-refractivity contribution in [3.63, 3.8) is 0 Å². The van der Waals surface area contributed by atoms with E-state index in [9.17, 15) is 9.59 Å². The average Bonchev–Trinajstić information content (AvgIpc) is 2.86. The number of carbonyl (C=O) groups excluding carboxylic acids is 2. The van der Waals surface area contributed by atoms with E-state index in [0.29, 0.717) is 6.42 Å². The van der Waals surface area contributed by atoms with Crippen LogP contribution in [0.2, 0.25) is 0 Å². The zero-order chi connectivity index (χ0) is 22.8. The van der Waals surface area contributed by atoms with Gasteiger partial charge < -0.3 is 9.47 Å². The quantitative estimate of drug-likeness (QED) is 0.197. The molecule has 0 bridgehead atoms. The molecule has 6 heteroatoms. The van der Waals surface area contributed by atoms with Crippen LogP contribution in [-0.4, -0.2) is 18.5 Å². The molecule has 0 aromatic heterocycles. The lowest BCUT2D eigenvalue weighted by Gasteiger charge is -2.24. The van der Waals surface area contributed by atoms with Gasteiger partial charge in [-0.15, -0.1) is 0 Å². The molecule has 0 spiro atoms. The van der Waals surface area contributed by atoms with E-state index in [4.69, 9.17) is 21.3 Å². The number of benzene rings is 3. The Bertz CT molecular complexity index is 1070. The van der Waals surface area contributed by atoms with Gasteiger partial charge in [-0.2, -0.15) is 0 Å². The Kier molecular flexibility index (Phi) is 8.55. The Balaban J connectivity index is 1.73. The van der Waals surface area contributed by atoms with Crippen LogP contribution in [0, 0.1) is 0 Å². The average molecular weight is 465 g/mol. The van der Waals surface area contributed by atoms with Crippen LogP contribution in [0.4, 0.5) is 0 Å². The molecule has 0 atom stereocenters. The molecule has 0 aliphatic heterocycles. The second-order valence-corrected chi connectivity index (χ2v) is 11.5. The Hall–Kier alpha value is -3.01. The minimum absolute atomic E-state index is 0.159. The zero-order valence-electron chi connectivity index (χ0n) is 17.7. The van der Waals surface area contributed by atoms with Gasteiger partial charge in [-0.25, -0.2) is 4.79 Å². The predicted octanol–water partition coefficient (Wildman–Crippen LogP) is 4.00. The first-order valence-electron chi connectivity index (χ1n) is 10.3. The van der Waals surface area contributed by atoms with Crippen molar-refractivity contribution in [2.75, 3.05) is 6.61 Å². The highest BCUT2D eigenvalue weighted by Gasteiger charge is 2.24. The molecule has 4 nitrogen and oxygen atoms in total. The summed E-state index contributed by atoms with van der Waals surface area (Å²) in [6.07, 6.45) is 1.68. The van der Waals surface area contributed by atoms with Crippen molar-refractivity contribution in [2.24, 2.45) is 0 Å². The van der Waals surface area contributed by atoms with Gasteiger partial charge in [-0.05, 0) is 34.0 Å². The Labute approximate surface area is 193 Å². The van der Waals surface area contributed by atoms with E-state index >= 15 is 0 Å². The third-order valence-electron chi connectivity index (χ3n) is 4.85. The molecule has 0 unspecified atom stereocenters. The van der Waals surface area contributed by atoms with Crippen LogP contribution in [0.25, 0.3) is 0 Å². The molecule has 0 saturated carbocycles. The van der Waals surface area contributed by atoms with Gasteiger partial charge in [0.05, 0.1) is 6.61 Å². The molecule has 0 aliphatic carbocycles. The van der Waals surface area contributed by atoms with Gasteiger partial charge in [-0.3, -0.25) is 4.79 Å². The maximum Gasteiger partial charge on any atom is 0.330 e. The van der Waals surface area contributed by atoms with Crippen molar-refractivity contribution in [3.05, 3.63) is 103 Å². The highest BCUT2D eigenvalue weighted by atomic mass is 32.4. The van der Waals surface area contributed by atoms with Gasteiger partial charge >= 0.3 is 11.9 Å². The van der Waals surface area contributed by atoms with Gasteiger partial charge in [0.2, 0.25) is 0 Å². The number of carbonyl (C=O) groups is 2. The molecule has 0 fully saturated rings. The molecule has 0 saturated heterocycles. The van der Waals surface area contributed by atoms with Gasteiger partial charge in [0.1, 0.15) is 6.61 Å². The van der Waals surface area contributed by atoms with Crippen LogP contribution in [-0.2, 0) is 37.5 Å². The largest absolute Gasteiger partial charge is 0.463 e. The molecule has 0 N–H and O–H groups in total. The van der Waals surface area contributed by atoms with Crippen molar-refractivity contribution in [1.29, 1.82) is 0 Å². The smallest absolute Gasteiger partial charge is 0.330 e. The molecular weight excluding hydrogens is 439 g/mol. The lowest BCUT2D eigenvalue weighted by Crippen LogP contribution is -2.25. The molecular formula is C26H25O4PS. The fraction of sp³-hybridized carbons (Fsp3) is 0.154. The van der Waals surface area contributed by atoms with Crippen LogP contribution < -0.4 is 15.9 Å². The van der Waals surface area contributed by atoms with Crippen molar-refractivity contribution >= 4 is 45.7 Å². The summed E-state index contributed by atoms with van der Waals surface area (Å²) in [5.74, 6) is -0.835. The number of ether oxygens (including phenoxy) is 2. The standard InChI is InChI=1S/C26H25O4PS/c1-2-25(27)29-18-10-17-26(28)30-20-21-11-9-16-24(19-21)31(32,22-12-5-3-6-13-22)23-14-7-4-8-15-23/h2-9,11-16,19H,1,10,17-18,20H2. The van der Waals surface area contributed by atoms with E-state index in [0.717, 1.165) is 27.6 Å². The van der Waals surface area contributed by atoms with Crippen LogP contribution in [0.5, 0.6) is 0 Å². The summed E-state index contributed by atoms with van der Waals surface area (Å²) >= 11 is 6.35. The van der Waals surface area contributed by atoms with Crippen LogP contribution in [0.15, 0.2) is 97.6 Å². The predicted molar refractivity (Wildman–Crippen MR) is 133 cm³/mol. The molecule has 0 heterocycles. The number of rotatable bonds is 10. The molecule has 3 aromatic rings. The monoisotopic (exact) mass is 464 g/mol. The first kappa shape index (κ1) is 23.6. The first-order chi connectivity index (χ1) is 15.5. The van der Waals surface area contributed by atoms with E-state index in [1.807, 2.05) is 54.6 Å². The van der Waals surface area contributed by atoms with Crippen molar-refractivity contribution in [1.82, 2.24) is 0 Å². The molecule has 3 rings (SSSR count). The van der Waals surface area contributed by atoms with Gasteiger partial charge in [-0.1, -0.05) is 97.2 Å². The minimum Gasteiger partial charge on any atom is -0.463 e. The summed E-state index contributed by atoms with van der Waals surface area (Å²) in [7, 11) is 0. The van der Waals surface area contributed by atoms with Crippen LogP contribution in [0.3, 0.4) is 0 Å². The van der Waals surface area contributed by atoms with Crippen LogP contribution >= 0.6 is 6.04 Å². The Morgan fingerprint density at radius 2 is 1.44 bits per heavy atom. The molecule has 164 valence electrons. The second kappa shape index (κ2) is 11.6. The summed E-state index contributed by atoms with van der Waals surface area (Å²) < 4.78 is 10.3. The van der Waals surface area contributed by atoms with Crippen molar-refractivity contribution < 1.29 is 19.1 Å². The minimum atomic E-state index is -2.25. The Morgan fingerprint density at radius 3 is 2.03 bits per heavy atom. The van der Waals surface area contributed by atoms with E-state index in [1.165, 1.54) is 0 Å². The maximum atomic E-state index is 12.1. The summed E-state index contributed by atoms with van der Waals surface area (Å²) in [5.41, 5.74) is 0.884. The molecule has 0 amide bonds. The third kappa shape index (κ3) is 6.03. The molecule has 32 heavy (non-hydrogen) atoms. The fourth-order valence-corrected chi connectivity index (χ4v) is 7.04. The highest BCUT2D eigenvalue weighted by Crippen LogP contribution is 2.42. The van der Waals surface area contributed by atoms with Crippen LogP contribution in [0.1, 0.15) is 18.4 Å². The molecule has 0 aliphatic rings. The zero-order valence-corrected chi connectivity index (χ0v) is 19.4. The summed E-state index contributed by atoms with van der Waals surface area (Å²) in [5, 5.41) is 3.28. The van der Waals surface area contributed by atoms with Crippen molar-refractivity contribution in [3.8, 4) is 0 Å². The topological polar surface area (TPSA) is 52.6 Å². The summed E-state index contributed by atoms with van der Waals surface area (Å²) in [6, 6.07) is 26.1. The SMILES string of the molecule is C=CC(=O)OCCCC(=O)OCc1cccc(P(=S)(c2ccccc2)c2ccccc2)c1. The summed E-state index contributed by atoms with van der Waals surface area (Å²) in [6.45, 7) is 3.65. The lowest BCUT2D eigenvalue weighted by molar-refractivity contribution is -0.146. The molecule has 0 radical (unpaired) electrons. The number of hydrogen-bond acceptors (Lipinski definition) is 5. The van der Waals surface area contributed by atoms with E-state index in [-0.39, 0.29) is 25.6 Å². The summed E-state index contributed by atoms with van der Waals surface area (Å²) in [4.78, 5) is 23.1. The Morgan fingerprint density at radius 1 is 0.844 bits per heavy atom. The second-order valence-electron chi connectivity index (χ2n) is 7.09. The normalized spacial score (nSPS) is 10.9. The van der Waals surface area contributed by atoms with Gasteiger partial charge in [0.25, 0.3) is 0 Å².